The minimum Gasteiger partial charge on any atom is -0.385 e. The highest BCUT2D eigenvalue weighted by Crippen LogP contribution is 2.06. The second kappa shape index (κ2) is 2.76. The molecule has 0 aliphatic carbocycles. The molecule has 1 aromatic heterocycles. The van der Waals surface area contributed by atoms with Crippen LogP contribution in [0.5, 0.6) is 0 Å². The largest absolute Gasteiger partial charge is 0.385 e. The third-order valence-electron chi connectivity index (χ3n) is 1.31. The summed E-state index contributed by atoms with van der Waals surface area (Å²) in [4.78, 5) is 0. The summed E-state index contributed by atoms with van der Waals surface area (Å²) in [5, 5.41) is 16.4. The number of aliphatic hydroxyl groups excluding tert-OH is 1. The Balaban J connectivity index is 2.82. The molecule has 0 amide bonds. The lowest BCUT2D eigenvalue weighted by Gasteiger charge is -2.04. The highest BCUT2D eigenvalue weighted by molar-refractivity contribution is 4.98. The third-order valence-corrected chi connectivity index (χ3v) is 1.31. The third kappa shape index (κ3) is 1.14. The summed E-state index contributed by atoms with van der Waals surface area (Å²) < 4.78 is 1.50. The van der Waals surface area contributed by atoms with Crippen molar-refractivity contribution in [3.63, 3.8) is 0 Å². The fourth-order valence-electron chi connectivity index (χ4n) is 0.720. The van der Waals surface area contributed by atoms with Crippen LogP contribution in [0.4, 0.5) is 0 Å². The molecule has 1 rings (SSSR count). The Bertz CT molecular complexity index is 209. The molecular weight excluding hydrogens is 132 g/mol. The van der Waals surface area contributed by atoms with E-state index in [1.54, 1.807) is 7.05 Å². The van der Waals surface area contributed by atoms with Crippen molar-refractivity contribution >= 4 is 0 Å². The van der Waals surface area contributed by atoms with Gasteiger partial charge in [-0.3, -0.25) is 0 Å². The molecule has 1 aromatic rings. The summed E-state index contributed by atoms with van der Waals surface area (Å²) in [7, 11) is 1.71. The lowest BCUT2D eigenvalue weighted by Crippen LogP contribution is -2.14. The summed E-state index contributed by atoms with van der Waals surface area (Å²) in [6.07, 6.45) is 0.845. The first-order valence-electron chi connectivity index (χ1n) is 2.98. The number of aromatic nitrogens is 3. The predicted molar refractivity (Wildman–Crippen MR) is 35.0 cm³/mol. The van der Waals surface area contributed by atoms with E-state index in [-0.39, 0.29) is 6.54 Å². The molecule has 0 radical (unpaired) electrons. The Labute approximate surface area is 58.5 Å². The van der Waals surface area contributed by atoms with Gasteiger partial charge in [-0.2, -0.15) is 0 Å². The SMILES string of the molecule is Cn1nncc1[C@H](O)CN. The van der Waals surface area contributed by atoms with Crippen LogP contribution in [0.25, 0.3) is 0 Å². The second-order valence-electron chi connectivity index (χ2n) is 2.03. The molecule has 5 heteroatoms. The van der Waals surface area contributed by atoms with E-state index in [1.807, 2.05) is 0 Å². The van der Waals surface area contributed by atoms with Crippen molar-refractivity contribution in [3.8, 4) is 0 Å². The maximum absolute atomic E-state index is 9.17. The number of aryl methyl sites for hydroxylation is 1. The summed E-state index contributed by atoms with van der Waals surface area (Å²) in [5.41, 5.74) is 5.85. The minimum absolute atomic E-state index is 0.196. The molecule has 0 aliphatic rings. The lowest BCUT2D eigenvalue weighted by atomic mass is 10.3. The average molecular weight is 142 g/mol. The van der Waals surface area contributed by atoms with Crippen molar-refractivity contribution < 1.29 is 5.11 Å². The van der Waals surface area contributed by atoms with Crippen molar-refractivity contribution in [2.24, 2.45) is 12.8 Å². The fraction of sp³-hybridized carbons (Fsp3) is 0.600. The summed E-state index contributed by atoms with van der Waals surface area (Å²) in [6.45, 7) is 0.196. The highest BCUT2D eigenvalue weighted by Gasteiger charge is 2.08. The van der Waals surface area contributed by atoms with Gasteiger partial charge in [-0.1, -0.05) is 5.21 Å². The molecule has 3 N–H and O–H groups in total. The normalized spacial score (nSPS) is 13.5. The smallest absolute Gasteiger partial charge is 0.109 e. The molecule has 0 bridgehead atoms. The molecule has 0 unspecified atom stereocenters. The van der Waals surface area contributed by atoms with Gasteiger partial charge in [0.2, 0.25) is 0 Å². The van der Waals surface area contributed by atoms with Gasteiger partial charge in [-0.05, 0) is 0 Å². The van der Waals surface area contributed by atoms with Gasteiger partial charge in [-0.25, -0.2) is 4.68 Å². The Morgan fingerprint density at radius 3 is 3.00 bits per heavy atom. The van der Waals surface area contributed by atoms with Crippen LogP contribution in [0.2, 0.25) is 0 Å². The Morgan fingerprint density at radius 1 is 1.90 bits per heavy atom. The molecule has 10 heavy (non-hydrogen) atoms. The van der Waals surface area contributed by atoms with Crippen LogP contribution in [0.15, 0.2) is 6.20 Å². The maximum Gasteiger partial charge on any atom is 0.109 e. The van der Waals surface area contributed by atoms with Crippen LogP contribution in [0.1, 0.15) is 11.8 Å². The van der Waals surface area contributed by atoms with Crippen LogP contribution >= 0.6 is 0 Å². The zero-order valence-electron chi connectivity index (χ0n) is 5.73. The molecule has 5 nitrogen and oxygen atoms in total. The van der Waals surface area contributed by atoms with Crippen molar-refractivity contribution in [2.75, 3.05) is 6.54 Å². The number of aliphatic hydroxyl groups is 1. The molecule has 0 aliphatic heterocycles. The monoisotopic (exact) mass is 142 g/mol. The Hall–Kier alpha value is -0.940. The first-order chi connectivity index (χ1) is 4.75. The van der Waals surface area contributed by atoms with Gasteiger partial charge in [0.05, 0.1) is 11.9 Å². The van der Waals surface area contributed by atoms with E-state index < -0.39 is 6.10 Å². The topological polar surface area (TPSA) is 77.0 Å². The fourth-order valence-corrected chi connectivity index (χ4v) is 0.720. The number of nitrogens with two attached hydrogens (primary N) is 1. The van der Waals surface area contributed by atoms with Crippen LogP contribution in [0.3, 0.4) is 0 Å². The first kappa shape index (κ1) is 7.17. The van der Waals surface area contributed by atoms with E-state index in [9.17, 15) is 5.11 Å². The number of hydrogen-bond donors (Lipinski definition) is 2. The van der Waals surface area contributed by atoms with Gasteiger partial charge in [0.25, 0.3) is 0 Å². The zero-order valence-corrected chi connectivity index (χ0v) is 5.73. The van der Waals surface area contributed by atoms with E-state index in [1.165, 1.54) is 10.9 Å². The van der Waals surface area contributed by atoms with Crippen LogP contribution in [-0.2, 0) is 7.05 Å². The van der Waals surface area contributed by atoms with Gasteiger partial charge >= 0.3 is 0 Å². The van der Waals surface area contributed by atoms with Gasteiger partial charge in [-0.15, -0.1) is 5.10 Å². The Kier molecular flexibility index (Phi) is 1.98. The molecule has 56 valence electrons. The number of hydrogen-bond acceptors (Lipinski definition) is 4. The quantitative estimate of drug-likeness (QED) is 0.544. The van der Waals surface area contributed by atoms with E-state index >= 15 is 0 Å². The van der Waals surface area contributed by atoms with Gasteiger partial charge in [0.1, 0.15) is 6.10 Å². The van der Waals surface area contributed by atoms with Crippen molar-refractivity contribution in [1.29, 1.82) is 0 Å². The zero-order chi connectivity index (χ0) is 7.56. The standard InChI is InChI=1S/C5H10N4O/c1-9-4(3-7-8-9)5(10)2-6/h3,5,10H,2,6H2,1H3/t5-/m1/s1. The predicted octanol–water partition coefficient (Wildman–Crippen LogP) is -1.19. The molecule has 0 aromatic carbocycles. The maximum atomic E-state index is 9.17. The average Bonchev–Trinajstić information content (AvgIpc) is 2.34. The molecule has 1 heterocycles. The van der Waals surface area contributed by atoms with E-state index in [0.717, 1.165) is 0 Å². The van der Waals surface area contributed by atoms with Crippen LogP contribution < -0.4 is 5.73 Å². The van der Waals surface area contributed by atoms with E-state index in [2.05, 4.69) is 10.3 Å². The molecule has 0 saturated carbocycles. The van der Waals surface area contributed by atoms with Crippen LogP contribution in [-0.4, -0.2) is 26.6 Å². The van der Waals surface area contributed by atoms with Crippen molar-refractivity contribution in [1.82, 2.24) is 15.0 Å². The summed E-state index contributed by atoms with van der Waals surface area (Å²) in [5.74, 6) is 0. The lowest BCUT2D eigenvalue weighted by molar-refractivity contribution is 0.177. The molecule has 0 fully saturated rings. The van der Waals surface area contributed by atoms with E-state index in [0.29, 0.717) is 5.69 Å². The second-order valence-corrected chi connectivity index (χ2v) is 2.03. The van der Waals surface area contributed by atoms with Crippen molar-refractivity contribution in [3.05, 3.63) is 11.9 Å². The number of rotatable bonds is 2. The Morgan fingerprint density at radius 2 is 2.60 bits per heavy atom. The van der Waals surface area contributed by atoms with E-state index in [4.69, 9.17) is 5.73 Å². The van der Waals surface area contributed by atoms with Crippen LogP contribution in [0, 0.1) is 0 Å². The van der Waals surface area contributed by atoms with Gasteiger partial charge in [0, 0.05) is 13.6 Å². The summed E-state index contributed by atoms with van der Waals surface area (Å²) >= 11 is 0. The first-order valence-corrected chi connectivity index (χ1v) is 2.98. The molecule has 1 atom stereocenters. The molecular formula is C5H10N4O. The van der Waals surface area contributed by atoms with Crippen molar-refractivity contribution in [2.45, 2.75) is 6.10 Å². The van der Waals surface area contributed by atoms with Gasteiger partial charge in [0.15, 0.2) is 0 Å². The minimum atomic E-state index is -0.653. The number of nitrogens with zero attached hydrogens (tertiary/aromatic N) is 3. The van der Waals surface area contributed by atoms with Gasteiger partial charge < -0.3 is 10.8 Å². The summed E-state index contributed by atoms with van der Waals surface area (Å²) in [6, 6.07) is 0. The molecule has 0 spiro atoms. The highest BCUT2D eigenvalue weighted by atomic mass is 16.3. The molecule has 0 saturated heterocycles.